The molecule has 0 aliphatic carbocycles. The third-order valence-corrected chi connectivity index (χ3v) is 3.36. The third-order valence-electron chi connectivity index (χ3n) is 3.36. The highest BCUT2D eigenvalue weighted by Crippen LogP contribution is 2.26. The molecule has 3 aromatic rings. The first kappa shape index (κ1) is 12.5. The molecular weight excluding hydrogens is 256 g/mol. The van der Waals surface area contributed by atoms with E-state index in [1.54, 1.807) is 13.4 Å². The molecule has 104 valence electrons. The van der Waals surface area contributed by atoms with Crippen molar-refractivity contribution in [2.45, 2.75) is 13.0 Å². The zero-order valence-electron chi connectivity index (χ0n) is 11.4. The second kappa shape index (κ2) is 4.84. The fraction of sp³-hybridized carbons (Fsp3) is 0.308. The second-order valence-corrected chi connectivity index (χ2v) is 4.56. The van der Waals surface area contributed by atoms with Crippen LogP contribution in [0.2, 0.25) is 0 Å². The maximum absolute atomic E-state index is 6.01. The number of nitrogens with zero attached hydrogens (tertiary/aromatic N) is 5. The summed E-state index contributed by atoms with van der Waals surface area (Å²) in [6.07, 6.45) is 2.43. The van der Waals surface area contributed by atoms with E-state index in [2.05, 4.69) is 15.2 Å². The first-order chi connectivity index (χ1) is 9.70. The predicted octanol–water partition coefficient (Wildman–Crippen LogP) is 0.998. The maximum Gasteiger partial charge on any atom is 0.201 e. The van der Waals surface area contributed by atoms with Crippen LogP contribution in [0.1, 0.15) is 5.82 Å². The van der Waals surface area contributed by atoms with Crippen molar-refractivity contribution < 1.29 is 4.74 Å². The molecule has 7 heteroatoms. The molecule has 0 bridgehead atoms. The van der Waals surface area contributed by atoms with E-state index >= 15 is 0 Å². The van der Waals surface area contributed by atoms with E-state index in [-0.39, 0.29) is 0 Å². The van der Waals surface area contributed by atoms with Crippen LogP contribution in [0.3, 0.4) is 0 Å². The van der Waals surface area contributed by atoms with Crippen molar-refractivity contribution in [3.8, 4) is 5.75 Å². The van der Waals surface area contributed by atoms with Gasteiger partial charge < -0.3 is 19.6 Å². The molecule has 0 atom stereocenters. The summed E-state index contributed by atoms with van der Waals surface area (Å²) in [5, 5.41) is 7.94. The Balaban J connectivity index is 1.95. The topological polar surface area (TPSA) is 83.8 Å². The lowest BCUT2D eigenvalue weighted by molar-refractivity contribution is 0.419. The van der Waals surface area contributed by atoms with Crippen molar-refractivity contribution in [3.63, 3.8) is 0 Å². The van der Waals surface area contributed by atoms with E-state index in [0.29, 0.717) is 12.5 Å². The van der Waals surface area contributed by atoms with Gasteiger partial charge in [0.25, 0.3) is 0 Å². The minimum Gasteiger partial charge on any atom is -0.494 e. The van der Waals surface area contributed by atoms with Crippen LogP contribution >= 0.6 is 0 Å². The second-order valence-electron chi connectivity index (χ2n) is 4.56. The van der Waals surface area contributed by atoms with Gasteiger partial charge in [-0.05, 0) is 12.1 Å². The van der Waals surface area contributed by atoms with E-state index < -0.39 is 0 Å². The molecule has 0 saturated heterocycles. The van der Waals surface area contributed by atoms with Gasteiger partial charge >= 0.3 is 0 Å². The van der Waals surface area contributed by atoms with Crippen LogP contribution in [-0.4, -0.2) is 31.4 Å². The van der Waals surface area contributed by atoms with Gasteiger partial charge in [-0.2, -0.15) is 0 Å². The summed E-state index contributed by atoms with van der Waals surface area (Å²) in [6, 6.07) is 5.79. The summed E-state index contributed by atoms with van der Waals surface area (Å²) < 4.78 is 9.17. The zero-order valence-corrected chi connectivity index (χ0v) is 11.4. The number of aryl methyl sites for hydroxylation is 3. The number of benzene rings is 1. The minimum absolute atomic E-state index is 0.478. The molecule has 2 heterocycles. The van der Waals surface area contributed by atoms with E-state index in [1.807, 2.05) is 34.4 Å². The fourth-order valence-corrected chi connectivity index (χ4v) is 2.28. The third kappa shape index (κ3) is 1.97. The molecule has 1 aromatic carbocycles. The Bertz CT molecular complexity index is 744. The first-order valence-electron chi connectivity index (χ1n) is 6.32. The lowest BCUT2D eigenvalue weighted by Gasteiger charge is -2.06. The highest BCUT2D eigenvalue weighted by Gasteiger charge is 2.12. The van der Waals surface area contributed by atoms with Gasteiger partial charge in [0.2, 0.25) is 5.95 Å². The number of imidazole rings is 1. The Kier molecular flexibility index (Phi) is 3.02. The normalized spacial score (nSPS) is 11.1. The van der Waals surface area contributed by atoms with Crippen molar-refractivity contribution in [1.82, 2.24) is 24.3 Å². The van der Waals surface area contributed by atoms with Crippen molar-refractivity contribution in [1.29, 1.82) is 0 Å². The fourth-order valence-electron chi connectivity index (χ4n) is 2.28. The molecule has 0 amide bonds. The van der Waals surface area contributed by atoms with Crippen molar-refractivity contribution in [2.24, 2.45) is 7.05 Å². The van der Waals surface area contributed by atoms with Gasteiger partial charge in [-0.1, -0.05) is 6.07 Å². The van der Waals surface area contributed by atoms with Crippen molar-refractivity contribution in [3.05, 3.63) is 30.4 Å². The number of anilines is 1. The van der Waals surface area contributed by atoms with Crippen LogP contribution in [-0.2, 0) is 20.0 Å². The average molecular weight is 272 g/mol. The number of ether oxygens (including phenoxy) is 1. The molecule has 7 nitrogen and oxygen atoms in total. The summed E-state index contributed by atoms with van der Waals surface area (Å²) in [5.41, 5.74) is 7.75. The van der Waals surface area contributed by atoms with Gasteiger partial charge in [-0.15, -0.1) is 10.2 Å². The Labute approximate surface area is 116 Å². The highest BCUT2D eigenvalue weighted by atomic mass is 16.5. The lowest BCUT2D eigenvalue weighted by Crippen LogP contribution is -2.08. The summed E-state index contributed by atoms with van der Waals surface area (Å²) in [6.45, 7) is 0.696. The molecule has 0 saturated carbocycles. The number of para-hydroxylation sites is 1. The first-order valence-corrected chi connectivity index (χ1v) is 6.32. The summed E-state index contributed by atoms with van der Waals surface area (Å²) >= 11 is 0. The molecule has 0 aliphatic heterocycles. The molecule has 0 aliphatic rings. The number of methoxy groups -OCH3 is 1. The van der Waals surface area contributed by atoms with Gasteiger partial charge in [-0.3, -0.25) is 0 Å². The number of hydrogen-bond acceptors (Lipinski definition) is 5. The molecular formula is C13H16N6O. The quantitative estimate of drug-likeness (QED) is 0.766. The number of nitrogens with two attached hydrogens (primary N) is 1. The Hall–Kier alpha value is -2.57. The summed E-state index contributed by atoms with van der Waals surface area (Å²) in [4.78, 5) is 4.38. The molecule has 2 N–H and O–H groups in total. The number of hydrogen-bond donors (Lipinski definition) is 1. The summed E-state index contributed by atoms with van der Waals surface area (Å²) in [5.74, 6) is 2.12. The number of nitrogen functional groups attached to an aromatic ring is 1. The SMILES string of the molecule is COc1cccc2c1nc(N)n2CCc1nncn1C. The van der Waals surface area contributed by atoms with E-state index in [4.69, 9.17) is 10.5 Å². The summed E-state index contributed by atoms with van der Waals surface area (Å²) in [7, 11) is 3.55. The standard InChI is InChI=1S/C13H16N6O/c1-18-8-15-17-11(18)6-7-19-9-4-3-5-10(20-2)12(9)16-13(19)14/h3-5,8H,6-7H2,1-2H3,(H2,14,16). The van der Waals surface area contributed by atoms with E-state index in [0.717, 1.165) is 29.0 Å². The number of fused-ring (bicyclic) bond motifs is 1. The Morgan fingerprint density at radius 2 is 2.20 bits per heavy atom. The average Bonchev–Trinajstić information content (AvgIpc) is 2.99. The van der Waals surface area contributed by atoms with Gasteiger partial charge in [-0.25, -0.2) is 4.98 Å². The van der Waals surface area contributed by atoms with Crippen LogP contribution in [0.4, 0.5) is 5.95 Å². The number of aromatic nitrogens is 5. The molecule has 0 fully saturated rings. The predicted molar refractivity (Wildman–Crippen MR) is 75.4 cm³/mol. The highest BCUT2D eigenvalue weighted by molar-refractivity contribution is 5.84. The zero-order chi connectivity index (χ0) is 14.1. The van der Waals surface area contributed by atoms with Crippen LogP contribution < -0.4 is 10.5 Å². The van der Waals surface area contributed by atoms with Crippen LogP contribution in [0.15, 0.2) is 24.5 Å². The van der Waals surface area contributed by atoms with Crippen LogP contribution in [0.25, 0.3) is 11.0 Å². The van der Waals surface area contributed by atoms with Crippen molar-refractivity contribution in [2.75, 3.05) is 12.8 Å². The monoisotopic (exact) mass is 272 g/mol. The van der Waals surface area contributed by atoms with Crippen LogP contribution in [0, 0.1) is 0 Å². The van der Waals surface area contributed by atoms with E-state index in [9.17, 15) is 0 Å². The Morgan fingerprint density at radius 1 is 1.35 bits per heavy atom. The Morgan fingerprint density at radius 3 is 2.90 bits per heavy atom. The molecule has 0 spiro atoms. The maximum atomic E-state index is 6.01. The minimum atomic E-state index is 0.478. The molecule has 0 unspecified atom stereocenters. The van der Waals surface area contributed by atoms with Gasteiger partial charge in [0.15, 0.2) is 0 Å². The largest absolute Gasteiger partial charge is 0.494 e. The molecule has 2 aromatic heterocycles. The number of rotatable bonds is 4. The van der Waals surface area contributed by atoms with Gasteiger partial charge in [0.05, 0.1) is 12.6 Å². The van der Waals surface area contributed by atoms with Gasteiger partial charge in [0, 0.05) is 20.0 Å². The smallest absolute Gasteiger partial charge is 0.201 e. The van der Waals surface area contributed by atoms with Gasteiger partial charge in [0.1, 0.15) is 23.4 Å². The molecule has 20 heavy (non-hydrogen) atoms. The lowest BCUT2D eigenvalue weighted by atomic mass is 10.3. The molecule has 3 rings (SSSR count). The van der Waals surface area contributed by atoms with Crippen molar-refractivity contribution >= 4 is 17.0 Å². The van der Waals surface area contributed by atoms with E-state index in [1.165, 1.54) is 0 Å². The molecule has 0 radical (unpaired) electrons. The van der Waals surface area contributed by atoms with Crippen LogP contribution in [0.5, 0.6) is 5.75 Å².